The van der Waals surface area contributed by atoms with Gasteiger partial charge in [-0.05, 0) is 42.0 Å². The highest BCUT2D eigenvalue weighted by Gasteiger charge is 2.06. The Morgan fingerprint density at radius 1 is 1.20 bits per heavy atom. The van der Waals surface area contributed by atoms with Gasteiger partial charge in [0.05, 0.1) is 11.6 Å². The minimum atomic E-state index is -0.388. The molecule has 2 rings (SSSR count). The second kappa shape index (κ2) is 6.51. The van der Waals surface area contributed by atoms with E-state index in [1.165, 1.54) is 18.2 Å². The second-order valence-corrected chi connectivity index (χ2v) is 5.01. The number of nitrogens with zero attached hydrogens (tertiary/aromatic N) is 1. The van der Waals surface area contributed by atoms with Crippen molar-refractivity contribution in [2.75, 3.05) is 0 Å². The monoisotopic (exact) mass is 334 g/mol. The minimum Gasteiger partial charge on any atom is -0.489 e. The van der Waals surface area contributed by atoms with Crippen LogP contribution in [0.4, 0.5) is 4.39 Å². The molecule has 0 amide bonds. The van der Waals surface area contributed by atoms with E-state index in [0.717, 1.165) is 10.0 Å². The lowest BCUT2D eigenvalue weighted by Crippen LogP contribution is -2.01. The van der Waals surface area contributed by atoms with Gasteiger partial charge < -0.3 is 10.5 Å². The van der Waals surface area contributed by atoms with Crippen LogP contribution in [0.5, 0.6) is 5.75 Å². The van der Waals surface area contributed by atoms with E-state index in [9.17, 15) is 4.39 Å². The van der Waals surface area contributed by atoms with E-state index < -0.39 is 0 Å². The van der Waals surface area contributed by atoms with E-state index in [0.29, 0.717) is 23.4 Å². The summed E-state index contributed by atoms with van der Waals surface area (Å²) < 4.78 is 19.7. The normalized spacial score (nSPS) is 10.1. The van der Waals surface area contributed by atoms with Crippen LogP contribution in [0.2, 0.25) is 0 Å². The third-order valence-corrected chi connectivity index (χ3v) is 3.59. The van der Waals surface area contributed by atoms with Gasteiger partial charge in [0.25, 0.3) is 0 Å². The number of hydrogen-bond donors (Lipinski definition) is 1. The molecular weight excluding hydrogens is 323 g/mol. The van der Waals surface area contributed by atoms with Gasteiger partial charge in [-0.3, -0.25) is 0 Å². The first-order valence-corrected chi connectivity index (χ1v) is 6.73. The van der Waals surface area contributed by atoms with Crippen LogP contribution in [0.1, 0.15) is 16.7 Å². The number of nitrogens with two attached hydrogens (primary N) is 1. The van der Waals surface area contributed by atoms with E-state index in [4.69, 9.17) is 15.7 Å². The van der Waals surface area contributed by atoms with Gasteiger partial charge in [-0.15, -0.1) is 0 Å². The first kappa shape index (κ1) is 14.5. The number of halogens is 2. The molecule has 0 aliphatic rings. The summed E-state index contributed by atoms with van der Waals surface area (Å²) in [5.41, 5.74) is 7.46. The molecule has 0 radical (unpaired) electrons. The third kappa shape index (κ3) is 3.35. The van der Waals surface area contributed by atoms with Gasteiger partial charge in [0.1, 0.15) is 18.2 Å². The molecule has 0 fully saturated rings. The van der Waals surface area contributed by atoms with Crippen LogP contribution in [0.3, 0.4) is 0 Å². The molecule has 0 spiro atoms. The van der Waals surface area contributed by atoms with Gasteiger partial charge in [0.2, 0.25) is 0 Å². The molecule has 0 aromatic heterocycles. The Bertz CT molecular complexity index is 667. The summed E-state index contributed by atoms with van der Waals surface area (Å²) in [6, 6.07) is 11.5. The lowest BCUT2D eigenvalue weighted by Gasteiger charge is -2.10. The molecule has 2 aromatic rings. The van der Waals surface area contributed by atoms with Crippen LogP contribution in [-0.4, -0.2) is 0 Å². The molecule has 5 heteroatoms. The molecule has 20 heavy (non-hydrogen) atoms. The minimum absolute atomic E-state index is 0.131. The Kier molecular flexibility index (Phi) is 4.72. The number of rotatable bonds is 4. The van der Waals surface area contributed by atoms with Gasteiger partial charge in [-0.25, -0.2) is 4.39 Å². The molecule has 102 valence electrons. The average molecular weight is 335 g/mol. The fraction of sp³-hybridized carbons (Fsp3) is 0.133. The highest BCUT2D eigenvalue weighted by atomic mass is 79.9. The van der Waals surface area contributed by atoms with Crippen molar-refractivity contribution in [2.24, 2.45) is 5.73 Å². The number of ether oxygens (including phenoxy) is 1. The van der Waals surface area contributed by atoms with E-state index in [2.05, 4.69) is 15.9 Å². The van der Waals surface area contributed by atoms with Gasteiger partial charge in [0.15, 0.2) is 0 Å². The zero-order valence-corrected chi connectivity index (χ0v) is 12.2. The van der Waals surface area contributed by atoms with Crippen molar-refractivity contribution in [1.29, 1.82) is 5.26 Å². The fourth-order valence-corrected chi connectivity index (χ4v) is 2.16. The summed E-state index contributed by atoms with van der Waals surface area (Å²) in [4.78, 5) is 0. The topological polar surface area (TPSA) is 59.0 Å². The smallest absolute Gasteiger partial charge is 0.123 e. The summed E-state index contributed by atoms with van der Waals surface area (Å²) in [5, 5.41) is 8.97. The molecule has 0 unspecified atom stereocenters. The van der Waals surface area contributed by atoms with Crippen LogP contribution in [0.25, 0.3) is 0 Å². The molecule has 0 heterocycles. The number of nitriles is 1. The van der Waals surface area contributed by atoms with Crippen LogP contribution in [-0.2, 0) is 13.2 Å². The molecule has 0 bridgehead atoms. The van der Waals surface area contributed by atoms with Crippen molar-refractivity contribution >= 4 is 15.9 Å². The molecule has 0 atom stereocenters. The summed E-state index contributed by atoms with van der Waals surface area (Å²) in [5.74, 6) is 0.239. The van der Waals surface area contributed by atoms with Crippen LogP contribution < -0.4 is 10.5 Å². The van der Waals surface area contributed by atoms with Gasteiger partial charge >= 0.3 is 0 Å². The van der Waals surface area contributed by atoms with Gasteiger partial charge in [-0.1, -0.05) is 15.9 Å². The SMILES string of the molecule is N#Cc1ccc(F)cc1COc1ccc(Br)c(CN)c1. The Morgan fingerprint density at radius 2 is 2.00 bits per heavy atom. The molecule has 0 aliphatic heterocycles. The number of hydrogen-bond acceptors (Lipinski definition) is 3. The van der Waals surface area contributed by atoms with Crippen molar-refractivity contribution in [3.05, 3.63) is 63.4 Å². The molecule has 0 aliphatic carbocycles. The third-order valence-electron chi connectivity index (χ3n) is 2.82. The molecule has 0 saturated carbocycles. The molecule has 2 aromatic carbocycles. The molecule has 2 N–H and O–H groups in total. The Morgan fingerprint density at radius 3 is 2.70 bits per heavy atom. The largest absolute Gasteiger partial charge is 0.489 e. The summed E-state index contributed by atoms with van der Waals surface area (Å²) >= 11 is 3.39. The van der Waals surface area contributed by atoms with Crippen molar-refractivity contribution in [2.45, 2.75) is 13.2 Å². The predicted molar refractivity (Wildman–Crippen MR) is 77.5 cm³/mol. The van der Waals surface area contributed by atoms with Crippen molar-refractivity contribution in [3.8, 4) is 11.8 Å². The number of benzene rings is 2. The standard InChI is InChI=1S/C15H12BrFN2O/c16-15-4-3-14(6-11(15)8-19)20-9-12-5-13(17)2-1-10(12)7-18/h1-6H,8-9,19H2. The predicted octanol–water partition coefficient (Wildman–Crippen LogP) is 3.50. The summed E-state index contributed by atoms with van der Waals surface area (Å²) in [6.07, 6.45) is 0. The maximum Gasteiger partial charge on any atom is 0.123 e. The molecule has 3 nitrogen and oxygen atoms in total. The lowest BCUT2D eigenvalue weighted by molar-refractivity contribution is 0.305. The maximum absolute atomic E-state index is 13.2. The summed E-state index contributed by atoms with van der Waals surface area (Å²) in [6.45, 7) is 0.521. The van der Waals surface area contributed by atoms with Crippen LogP contribution in [0.15, 0.2) is 40.9 Å². The fourth-order valence-electron chi connectivity index (χ4n) is 1.75. The Labute approximate surface area is 124 Å². The lowest BCUT2D eigenvalue weighted by atomic mass is 10.1. The van der Waals surface area contributed by atoms with E-state index in [1.54, 1.807) is 6.07 Å². The first-order valence-electron chi connectivity index (χ1n) is 5.94. The van der Waals surface area contributed by atoms with Crippen LogP contribution in [0, 0.1) is 17.1 Å². The Hall–Kier alpha value is -1.90. The average Bonchev–Trinajstić information content (AvgIpc) is 2.46. The van der Waals surface area contributed by atoms with Crippen molar-refractivity contribution in [3.63, 3.8) is 0 Å². The highest BCUT2D eigenvalue weighted by Crippen LogP contribution is 2.23. The quantitative estimate of drug-likeness (QED) is 0.930. The van der Waals surface area contributed by atoms with E-state index in [-0.39, 0.29) is 12.4 Å². The maximum atomic E-state index is 13.2. The zero-order chi connectivity index (χ0) is 14.5. The Balaban J connectivity index is 2.17. The highest BCUT2D eigenvalue weighted by molar-refractivity contribution is 9.10. The van der Waals surface area contributed by atoms with Gasteiger partial charge in [0, 0.05) is 16.6 Å². The van der Waals surface area contributed by atoms with Gasteiger partial charge in [-0.2, -0.15) is 5.26 Å². The van der Waals surface area contributed by atoms with Crippen molar-refractivity contribution < 1.29 is 9.13 Å². The van der Waals surface area contributed by atoms with Crippen molar-refractivity contribution in [1.82, 2.24) is 0 Å². The zero-order valence-electron chi connectivity index (χ0n) is 10.6. The van der Waals surface area contributed by atoms with E-state index >= 15 is 0 Å². The molecule has 0 saturated heterocycles. The summed E-state index contributed by atoms with van der Waals surface area (Å²) in [7, 11) is 0. The second-order valence-electron chi connectivity index (χ2n) is 4.16. The van der Waals surface area contributed by atoms with E-state index in [1.807, 2.05) is 18.2 Å². The molecular formula is C15H12BrFN2O. The van der Waals surface area contributed by atoms with Crippen LogP contribution >= 0.6 is 15.9 Å². The first-order chi connectivity index (χ1) is 9.63.